The molecular formula is C48H87NO13. The molecule has 14 nitrogen and oxygen atoms in total. The highest BCUT2D eigenvalue weighted by molar-refractivity contribution is 5.76. The summed E-state index contributed by atoms with van der Waals surface area (Å²) in [6, 6.07) is -0.932. The molecular weight excluding hydrogens is 799 g/mol. The predicted octanol–water partition coefficient (Wildman–Crippen LogP) is 5.54. The number of hydrogen-bond donors (Lipinski definition) is 9. The summed E-state index contributed by atoms with van der Waals surface area (Å²) in [5.41, 5.74) is 0. The van der Waals surface area contributed by atoms with Crippen LogP contribution in [0, 0.1) is 0 Å². The minimum Gasteiger partial charge on any atom is -0.394 e. The maximum atomic E-state index is 13.1. The van der Waals surface area contributed by atoms with Gasteiger partial charge in [0.05, 0.1) is 32.0 Å². The van der Waals surface area contributed by atoms with Crippen molar-refractivity contribution in [2.24, 2.45) is 0 Å². The second-order valence-corrected chi connectivity index (χ2v) is 17.2. The van der Waals surface area contributed by atoms with Crippen molar-refractivity contribution < 1.29 is 64.6 Å². The topological polar surface area (TPSA) is 228 Å². The van der Waals surface area contributed by atoms with Crippen LogP contribution < -0.4 is 5.32 Å². The van der Waals surface area contributed by atoms with Crippen LogP contribution in [0.25, 0.3) is 0 Å². The van der Waals surface area contributed by atoms with Crippen LogP contribution in [0.1, 0.15) is 168 Å². The van der Waals surface area contributed by atoms with Crippen LogP contribution in [0.15, 0.2) is 36.5 Å². The summed E-state index contributed by atoms with van der Waals surface area (Å²) in [6.45, 7) is 2.62. The second-order valence-electron chi connectivity index (χ2n) is 17.2. The molecule has 362 valence electrons. The van der Waals surface area contributed by atoms with Crippen molar-refractivity contribution in [1.82, 2.24) is 5.32 Å². The van der Waals surface area contributed by atoms with Gasteiger partial charge < -0.3 is 65.1 Å². The van der Waals surface area contributed by atoms with Crippen molar-refractivity contribution in [3.8, 4) is 0 Å². The van der Waals surface area contributed by atoms with Crippen LogP contribution in [-0.2, 0) is 23.7 Å². The minimum atomic E-state index is -1.79. The molecule has 0 spiro atoms. The Morgan fingerprint density at radius 3 is 1.56 bits per heavy atom. The molecule has 2 fully saturated rings. The molecule has 0 bridgehead atoms. The molecule has 0 radical (unpaired) electrons. The Bertz CT molecular complexity index is 1190. The maximum Gasteiger partial charge on any atom is 0.220 e. The van der Waals surface area contributed by atoms with Crippen molar-refractivity contribution in [2.75, 3.05) is 19.8 Å². The number of allylic oxidation sites excluding steroid dienone is 5. The van der Waals surface area contributed by atoms with Gasteiger partial charge in [0.15, 0.2) is 12.6 Å². The van der Waals surface area contributed by atoms with Gasteiger partial charge in [-0.1, -0.05) is 159 Å². The normalized spacial score (nSPS) is 28.0. The molecule has 2 aliphatic heterocycles. The summed E-state index contributed by atoms with van der Waals surface area (Å²) in [5, 5.41) is 86.4. The van der Waals surface area contributed by atoms with Crippen LogP contribution in [-0.4, -0.2) is 140 Å². The molecule has 9 N–H and O–H groups in total. The van der Waals surface area contributed by atoms with Gasteiger partial charge in [-0.2, -0.15) is 0 Å². The van der Waals surface area contributed by atoms with Gasteiger partial charge in [0.1, 0.15) is 48.8 Å². The standard InChI is InChI=1S/C48H87NO13/c1-3-5-7-9-11-13-15-16-17-18-19-20-21-22-24-26-28-30-32-40(53)49-36(37(52)31-29-27-25-23-14-12-10-8-6-4-2)35-59-47-45(58)43(56)46(39(34-51)61-47)62-48-44(57)42(55)41(54)38(33-50)60-48/h6,8,14,23,29,31,36-39,41-48,50-52,54-58H,3-5,7,9-13,15-22,24-28,30,32-35H2,1-2H3,(H,49,53)/b8-6+,23-14+,31-29+. The summed E-state index contributed by atoms with van der Waals surface area (Å²) < 4.78 is 22.6. The third kappa shape index (κ3) is 22.9. The highest BCUT2D eigenvalue weighted by atomic mass is 16.7. The van der Waals surface area contributed by atoms with E-state index in [1.54, 1.807) is 6.08 Å². The molecule has 0 aromatic rings. The first kappa shape index (κ1) is 56.3. The number of aliphatic hydroxyl groups is 8. The maximum absolute atomic E-state index is 13.1. The summed E-state index contributed by atoms with van der Waals surface area (Å²) >= 11 is 0. The quantitative estimate of drug-likeness (QED) is 0.0279. The Hall–Kier alpha value is -1.79. The first-order chi connectivity index (χ1) is 30.1. The molecule has 0 aliphatic carbocycles. The van der Waals surface area contributed by atoms with Crippen LogP contribution >= 0.6 is 0 Å². The fourth-order valence-electron chi connectivity index (χ4n) is 7.86. The van der Waals surface area contributed by atoms with E-state index in [0.717, 1.165) is 44.9 Å². The number of nitrogens with one attached hydrogen (secondary N) is 1. The van der Waals surface area contributed by atoms with Crippen LogP contribution in [0.3, 0.4) is 0 Å². The van der Waals surface area contributed by atoms with Gasteiger partial charge in [-0.05, 0) is 38.5 Å². The highest BCUT2D eigenvalue weighted by Crippen LogP contribution is 2.30. The van der Waals surface area contributed by atoms with E-state index in [9.17, 15) is 45.6 Å². The minimum absolute atomic E-state index is 0.256. The summed E-state index contributed by atoms with van der Waals surface area (Å²) in [4.78, 5) is 13.1. The van der Waals surface area contributed by atoms with E-state index in [1.165, 1.54) is 89.9 Å². The van der Waals surface area contributed by atoms with Gasteiger partial charge >= 0.3 is 0 Å². The van der Waals surface area contributed by atoms with Crippen molar-refractivity contribution in [2.45, 2.75) is 242 Å². The zero-order valence-corrected chi connectivity index (χ0v) is 38.1. The summed E-state index contributed by atoms with van der Waals surface area (Å²) in [7, 11) is 0. The molecule has 12 atom stereocenters. The number of carbonyl (C=O) groups is 1. The van der Waals surface area contributed by atoms with E-state index < -0.39 is 86.8 Å². The molecule has 14 heteroatoms. The first-order valence-corrected chi connectivity index (χ1v) is 24.2. The lowest BCUT2D eigenvalue weighted by Crippen LogP contribution is -2.65. The van der Waals surface area contributed by atoms with Crippen molar-refractivity contribution in [3.05, 3.63) is 36.5 Å². The Balaban J connectivity index is 1.84. The van der Waals surface area contributed by atoms with E-state index in [0.29, 0.717) is 12.8 Å². The average molecular weight is 886 g/mol. The lowest BCUT2D eigenvalue weighted by Gasteiger charge is -2.46. The van der Waals surface area contributed by atoms with Gasteiger partial charge in [-0.3, -0.25) is 4.79 Å². The molecule has 2 heterocycles. The molecule has 0 aromatic heterocycles. The third-order valence-corrected chi connectivity index (χ3v) is 11.8. The van der Waals surface area contributed by atoms with Crippen LogP contribution in [0.5, 0.6) is 0 Å². The molecule has 62 heavy (non-hydrogen) atoms. The summed E-state index contributed by atoms with van der Waals surface area (Å²) in [6.07, 6.45) is 22.1. The number of rotatable bonds is 36. The van der Waals surface area contributed by atoms with E-state index in [2.05, 4.69) is 43.5 Å². The van der Waals surface area contributed by atoms with E-state index in [-0.39, 0.29) is 18.9 Å². The third-order valence-electron chi connectivity index (χ3n) is 11.8. The SMILES string of the molecule is CC/C=C/CC/C=C/CC/C=C/C(O)C(COC1OC(CO)C(OC2OC(CO)C(O)C(O)C2O)C(O)C1O)NC(=O)CCCCCCCCCCCCCCCCCCCC. The zero-order chi connectivity index (χ0) is 45.4. The lowest BCUT2D eigenvalue weighted by molar-refractivity contribution is -0.359. The fraction of sp³-hybridized carbons (Fsp3) is 0.854. The fourth-order valence-corrected chi connectivity index (χ4v) is 7.86. The average Bonchev–Trinajstić information content (AvgIpc) is 3.27. The monoisotopic (exact) mass is 886 g/mol. The molecule has 1 amide bonds. The summed E-state index contributed by atoms with van der Waals surface area (Å²) in [5.74, 6) is -0.256. The number of aliphatic hydroxyl groups excluding tert-OH is 8. The van der Waals surface area contributed by atoms with Crippen molar-refractivity contribution >= 4 is 5.91 Å². The number of ether oxygens (including phenoxy) is 4. The lowest BCUT2D eigenvalue weighted by atomic mass is 9.97. The van der Waals surface area contributed by atoms with Gasteiger partial charge in [0, 0.05) is 6.42 Å². The first-order valence-electron chi connectivity index (χ1n) is 24.2. The molecule has 0 saturated carbocycles. The van der Waals surface area contributed by atoms with E-state index in [4.69, 9.17) is 18.9 Å². The Morgan fingerprint density at radius 2 is 1.05 bits per heavy atom. The molecule has 2 rings (SSSR count). The number of amides is 1. The number of carbonyl (C=O) groups excluding carboxylic acids is 1. The second kappa shape index (κ2) is 35.5. The largest absolute Gasteiger partial charge is 0.394 e. The van der Waals surface area contributed by atoms with Gasteiger partial charge in [-0.15, -0.1) is 0 Å². The van der Waals surface area contributed by atoms with Crippen LogP contribution in [0.2, 0.25) is 0 Å². The highest BCUT2D eigenvalue weighted by Gasteiger charge is 2.51. The van der Waals surface area contributed by atoms with E-state index >= 15 is 0 Å². The van der Waals surface area contributed by atoms with Crippen molar-refractivity contribution in [3.63, 3.8) is 0 Å². The molecule has 12 unspecified atom stereocenters. The van der Waals surface area contributed by atoms with Crippen LogP contribution in [0.4, 0.5) is 0 Å². The van der Waals surface area contributed by atoms with Gasteiger partial charge in [0.2, 0.25) is 5.91 Å². The molecule has 0 aromatic carbocycles. The Kier molecular flexibility index (Phi) is 32.2. The smallest absolute Gasteiger partial charge is 0.220 e. The number of unbranched alkanes of at least 4 members (excludes halogenated alkanes) is 19. The van der Waals surface area contributed by atoms with Crippen molar-refractivity contribution in [1.29, 1.82) is 0 Å². The predicted molar refractivity (Wildman–Crippen MR) is 240 cm³/mol. The molecule has 2 aliphatic rings. The zero-order valence-electron chi connectivity index (χ0n) is 38.1. The van der Waals surface area contributed by atoms with Gasteiger partial charge in [-0.25, -0.2) is 0 Å². The number of hydrogen-bond acceptors (Lipinski definition) is 13. The Labute approximate surface area is 372 Å². The molecule has 2 saturated heterocycles. The van der Waals surface area contributed by atoms with E-state index in [1.807, 2.05) is 6.08 Å². The Morgan fingerprint density at radius 1 is 0.581 bits per heavy atom. The van der Waals surface area contributed by atoms with Gasteiger partial charge in [0.25, 0.3) is 0 Å².